The number of fused-ring (bicyclic) bond motifs is 3. The van der Waals surface area contributed by atoms with Crippen molar-refractivity contribution in [2.24, 2.45) is 0 Å². The smallest absolute Gasteiger partial charge is 0.101 e. The fraction of sp³-hybridized carbons (Fsp3) is 0.136. The van der Waals surface area contributed by atoms with Crippen LogP contribution in [0, 0.1) is 11.3 Å². The van der Waals surface area contributed by atoms with Gasteiger partial charge in [0.2, 0.25) is 0 Å². The number of anilines is 2. The molecule has 0 atom stereocenters. The molecule has 1 heterocycles. The van der Waals surface area contributed by atoms with Gasteiger partial charge in [-0.1, -0.05) is 49.4 Å². The van der Waals surface area contributed by atoms with Crippen LogP contribution in [0.25, 0.3) is 20.2 Å². The van der Waals surface area contributed by atoms with Crippen LogP contribution >= 0.6 is 11.3 Å². The molecule has 25 heavy (non-hydrogen) atoms. The van der Waals surface area contributed by atoms with Gasteiger partial charge in [0.15, 0.2) is 0 Å². The average Bonchev–Trinajstić information content (AvgIpc) is 3.06. The third kappa shape index (κ3) is 2.47. The fourth-order valence-electron chi connectivity index (χ4n) is 3.40. The van der Waals surface area contributed by atoms with Crippen molar-refractivity contribution >= 4 is 42.9 Å². The highest BCUT2D eigenvalue weighted by Crippen LogP contribution is 2.42. The van der Waals surface area contributed by atoms with Gasteiger partial charge < -0.3 is 4.90 Å². The lowest BCUT2D eigenvalue weighted by Crippen LogP contribution is -2.10. The van der Waals surface area contributed by atoms with Crippen LogP contribution in [0.1, 0.15) is 18.1 Å². The van der Waals surface area contributed by atoms with Crippen LogP contribution in [0.4, 0.5) is 11.4 Å². The number of nitriles is 1. The Morgan fingerprint density at radius 2 is 1.56 bits per heavy atom. The molecule has 4 aromatic rings. The Morgan fingerprint density at radius 1 is 0.880 bits per heavy atom. The molecular formula is C22H18N2S. The molecule has 0 fully saturated rings. The molecule has 0 saturated heterocycles. The van der Waals surface area contributed by atoms with Crippen LogP contribution in [0.3, 0.4) is 0 Å². The summed E-state index contributed by atoms with van der Waals surface area (Å²) in [5.41, 5.74) is 4.16. The molecule has 0 radical (unpaired) electrons. The number of rotatable bonds is 3. The molecule has 4 rings (SSSR count). The van der Waals surface area contributed by atoms with Crippen LogP contribution in [0.2, 0.25) is 0 Å². The van der Waals surface area contributed by atoms with Crippen LogP contribution in [0.5, 0.6) is 0 Å². The first-order chi connectivity index (χ1) is 12.2. The van der Waals surface area contributed by atoms with E-state index in [2.05, 4.69) is 54.3 Å². The van der Waals surface area contributed by atoms with Gasteiger partial charge in [-0.15, -0.1) is 11.3 Å². The Morgan fingerprint density at radius 3 is 2.32 bits per heavy atom. The maximum absolute atomic E-state index is 9.44. The Labute approximate surface area is 151 Å². The molecule has 0 aliphatic rings. The second-order valence-corrected chi connectivity index (χ2v) is 7.11. The summed E-state index contributed by atoms with van der Waals surface area (Å²) in [5, 5.41) is 12.0. The number of para-hydroxylation sites is 1. The first-order valence-corrected chi connectivity index (χ1v) is 9.22. The summed E-state index contributed by atoms with van der Waals surface area (Å²) >= 11 is 1.85. The van der Waals surface area contributed by atoms with Crippen molar-refractivity contribution in [3.05, 3.63) is 71.8 Å². The van der Waals surface area contributed by atoms with Crippen molar-refractivity contribution < 1.29 is 0 Å². The second kappa shape index (κ2) is 6.23. The van der Waals surface area contributed by atoms with Gasteiger partial charge in [-0.25, -0.2) is 0 Å². The van der Waals surface area contributed by atoms with Gasteiger partial charge >= 0.3 is 0 Å². The number of thiophene rings is 1. The van der Waals surface area contributed by atoms with Gasteiger partial charge in [-0.3, -0.25) is 0 Å². The third-order valence-electron chi connectivity index (χ3n) is 4.71. The number of benzene rings is 3. The third-order valence-corrected chi connectivity index (χ3v) is 6.03. The maximum Gasteiger partial charge on any atom is 0.101 e. The summed E-state index contributed by atoms with van der Waals surface area (Å²) < 4.78 is 2.64. The zero-order chi connectivity index (χ0) is 17.4. The van der Waals surface area contributed by atoms with E-state index in [1.165, 1.54) is 25.7 Å². The Kier molecular flexibility index (Phi) is 3.91. The predicted octanol–water partition coefficient (Wildman–Crippen LogP) is 6.26. The van der Waals surface area contributed by atoms with Gasteiger partial charge in [-0.05, 0) is 30.2 Å². The average molecular weight is 342 g/mol. The molecule has 0 spiro atoms. The fourth-order valence-corrected chi connectivity index (χ4v) is 4.83. The number of aryl methyl sites for hydroxylation is 1. The van der Waals surface area contributed by atoms with E-state index in [9.17, 15) is 5.26 Å². The minimum Gasteiger partial charge on any atom is -0.342 e. The first kappa shape index (κ1) is 15.7. The van der Waals surface area contributed by atoms with Gasteiger partial charge in [0, 0.05) is 22.5 Å². The first-order valence-electron chi connectivity index (χ1n) is 8.40. The van der Waals surface area contributed by atoms with Crippen molar-refractivity contribution in [2.45, 2.75) is 13.3 Å². The van der Waals surface area contributed by atoms with E-state index in [0.717, 1.165) is 17.8 Å². The summed E-state index contributed by atoms with van der Waals surface area (Å²) in [6.07, 6.45) is 1.03. The minimum absolute atomic E-state index is 0.692. The molecule has 122 valence electrons. The highest BCUT2D eigenvalue weighted by atomic mass is 32.1. The zero-order valence-corrected chi connectivity index (χ0v) is 15.1. The van der Waals surface area contributed by atoms with E-state index in [1.807, 2.05) is 42.6 Å². The Bertz CT molecular complexity index is 1120. The Hall–Kier alpha value is -2.83. The quantitative estimate of drug-likeness (QED) is 0.439. The van der Waals surface area contributed by atoms with Gasteiger partial charge in [0.05, 0.1) is 21.6 Å². The normalized spacial score (nSPS) is 10.9. The van der Waals surface area contributed by atoms with Crippen molar-refractivity contribution in [3.63, 3.8) is 0 Å². The summed E-state index contributed by atoms with van der Waals surface area (Å²) in [4.78, 5) is 2.13. The summed E-state index contributed by atoms with van der Waals surface area (Å²) in [6, 6.07) is 23.1. The van der Waals surface area contributed by atoms with E-state index in [0.29, 0.717) is 5.56 Å². The van der Waals surface area contributed by atoms with Crippen molar-refractivity contribution in [1.29, 1.82) is 5.26 Å². The van der Waals surface area contributed by atoms with Crippen LogP contribution in [-0.2, 0) is 6.42 Å². The SMILES string of the molecule is CCc1cccc2c1sc1c(N(C)c3ccccc3C#N)cccc12. The molecule has 3 heteroatoms. The maximum atomic E-state index is 9.44. The summed E-state index contributed by atoms with van der Waals surface area (Å²) in [7, 11) is 2.04. The molecule has 0 saturated carbocycles. The van der Waals surface area contributed by atoms with E-state index >= 15 is 0 Å². The summed E-state index contributed by atoms with van der Waals surface area (Å²) in [6.45, 7) is 2.20. The molecule has 0 bridgehead atoms. The van der Waals surface area contributed by atoms with Crippen molar-refractivity contribution in [2.75, 3.05) is 11.9 Å². The molecule has 1 aromatic heterocycles. The van der Waals surface area contributed by atoms with Crippen LogP contribution in [-0.4, -0.2) is 7.05 Å². The number of hydrogen-bond donors (Lipinski definition) is 0. The van der Waals surface area contributed by atoms with Crippen molar-refractivity contribution in [1.82, 2.24) is 0 Å². The molecular weight excluding hydrogens is 324 g/mol. The number of hydrogen-bond acceptors (Lipinski definition) is 3. The predicted molar refractivity (Wildman–Crippen MR) is 108 cm³/mol. The van der Waals surface area contributed by atoms with E-state index in [-0.39, 0.29) is 0 Å². The molecule has 0 N–H and O–H groups in total. The van der Waals surface area contributed by atoms with Gasteiger partial charge in [0.25, 0.3) is 0 Å². The van der Waals surface area contributed by atoms with Crippen LogP contribution < -0.4 is 4.90 Å². The van der Waals surface area contributed by atoms with Gasteiger partial charge in [0.1, 0.15) is 6.07 Å². The van der Waals surface area contributed by atoms with E-state index < -0.39 is 0 Å². The zero-order valence-electron chi connectivity index (χ0n) is 14.3. The van der Waals surface area contributed by atoms with Gasteiger partial charge in [-0.2, -0.15) is 5.26 Å². The topological polar surface area (TPSA) is 27.0 Å². The lowest BCUT2D eigenvalue weighted by molar-refractivity contribution is 1.16. The van der Waals surface area contributed by atoms with Crippen molar-refractivity contribution in [3.8, 4) is 6.07 Å². The molecule has 0 amide bonds. The lowest BCUT2D eigenvalue weighted by Gasteiger charge is -2.21. The molecule has 0 unspecified atom stereocenters. The largest absolute Gasteiger partial charge is 0.342 e. The molecule has 0 aliphatic carbocycles. The van der Waals surface area contributed by atoms with E-state index in [1.54, 1.807) is 0 Å². The minimum atomic E-state index is 0.692. The summed E-state index contributed by atoms with van der Waals surface area (Å²) in [5.74, 6) is 0. The van der Waals surface area contributed by atoms with E-state index in [4.69, 9.17) is 0 Å². The number of nitrogens with zero attached hydrogens (tertiary/aromatic N) is 2. The molecule has 3 aromatic carbocycles. The molecule has 0 aliphatic heterocycles. The van der Waals surface area contributed by atoms with Crippen LogP contribution in [0.15, 0.2) is 60.7 Å². The Balaban J connectivity index is 1.98. The highest BCUT2D eigenvalue weighted by molar-refractivity contribution is 7.26. The lowest BCUT2D eigenvalue weighted by atomic mass is 10.1. The standard InChI is InChI=1S/C22H18N2S/c1-3-15-9-6-10-17-18-11-7-13-20(22(18)25-21(15)17)24(2)19-12-5-4-8-16(19)14-23/h4-13H,3H2,1-2H3. The monoisotopic (exact) mass is 342 g/mol. The molecule has 2 nitrogen and oxygen atoms in total. The second-order valence-electron chi connectivity index (χ2n) is 6.09. The highest BCUT2D eigenvalue weighted by Gasteiger charge is 2.15.